The number of nitrogens with zero attached hydrogens (tertiary/aromatic N) is 1. The Morgan fingerprint density at radius 2 is 1.78 bits per heavy atom. The molecule has 0 unspecified atom stereocenters. The molecule has 0 aliphatic carbocycles. The number of hydrogen-bond acceptors (Lipinski definition) is 5. The highest BCUT2D eigenvalue weighted by molar-refractivity contribution is 8.19. The number of halogens is 1. The van der Waals surface area contributed by atoms with Gasteiger partial charge in [0.25, 0.3) is 11.1 Å². The number of para-hydroxylation sites is 1. The summed E-state index contributed by atoms with van der Waals surface area (Å²) in [5, 5.41) is 18.1. The maximum atomic E-state index is 13.8. The first-order valence-corrected chi connectivity index (χ1v) is 7.33. The zero-order chi connectivity index (χ0) is 16.6. The van der Waals surface area contributed by atoms with Gasteiger partial charge < -0.3 is 10.2 Å². The van der Waals surface area contributed by atoms with E-state index in [1.54, 1.807) is 0 Å². The predicted molar refractivity (Wildman–Crippen MR) is 84.6 cm³/mol. The van der Waals surface area contributed by atoms with Gasteiger partial charge in [0.05, 0.1) is 10.6 Å². The van der Waals surface area contributed by atoms with Gasteiger partial charge in [-0.15, -0.1) is 0 Å². The summed E-state index contributed by atoms with van der Waals surface area (Å²) in [7, 11) is 0. The minimum atomic E-state index is -0.668. The molecule has 116 valence electrons. The van der Waals surface area contributed by atoms with Gasteiger partial charge in [0.15, 0.2) is 11.5 Å². The Morgan fingerprint density at radius 1 is 1.04 bits per heavy atom. The van der Waals surface area contributed by atoms with Crippen molar-refractivity contribution in [1.82, 2.24) is 0 Å². The zero-order valence-corrected chi connectivity index (χ0v) is 12.4. The lowest BCUT2D eigenvalue weighted by Crippen LogP contribution is -2.28. The van der Waals surface area contributed by atoms with Gasteiger partial charge in [-0.3, -0.25) is 9.59 Å². The summed E-state index contributed by atoms with van der Waals surface area (Å²) < 4.78 is 13.8. The fourth-order valence-corrected chi connectivity index (χ4v) is 2.92. The van der Waals surface area contributed by atoms with Crippen LogP contribution in [0.4, 0.5) is 14.9 Å². The van der Waals surface area contributed by atoms with Gasteiger partial charge in [0.1, 0.15) is 5.82 Å². The quantitative estimate of drug-likeness (QED) is 0.651. The molecule has 0 aromatic heterocycles. The number of aromatic hydroxyl groups is 2. The van der Waals surface area contributed by atoms with E-state index < -0.39 is 17.0 Å². The number of carbonyl (C=O) groups is 2. The maximum absolute atomic E-state index is 13.8. The molecule has 1 aliphatic rings. The fourth-order valence-electron chi connectivity index (χ4n) is 2.09. The molecule has 1 heterocycles. The third-order valence-corrected chi connectivity index (χ3v) is 4.05. The molecule has 0 atom stereocenters. The van der Waals surface area contributed by atoms with Crippen molar-refractivity contribution < 1.29 is 24.2 Å². The number of rotatable bonds is 2. The van der Waals surface area contributed by atoms with Gasteiger partial charge in [0, 0.05) is 0 Å². The highest BCUT2D eigenvalue weighted by Gasteiger charge is 2.37. The summed E-state index contributed by atoms with van der Waals surface area (Å²) in [6, 6.07) is 9.51. The third-order valence-electron chi connectivity index (χ3n) is 3.18. The molecule has 1 fully saturated rings. The lowest BCUT2D eigenvalue weighted by molar-refractivity contribution is -0.113. The fraction of sp³-hybridized carbons (Fsp3) is 0. The molecule has 0 bridgehead atoms. The van der Waals surface area contributed by atoms with Crippen molar-refractivity contribution in [1.29, 1.82) is 0 Å². The van der Waals surface area contributed by atoms with Crippen LogP contribution in [0.5, 0.6) is 11.5 Å². The third kappa shape index (κ3) is 2.78. The van der Waals surface area contributed by atoms with Crippen LogP contribution in [0, 0.1) is 5.82 Å². The molecule has 1 saturated heterocycles. The van der Waals surface area contributed by atoms with Crippen molar-refractivity contribution in [2.45, 2.75) is 0 Å². The second-order valence-corrected chi connectivity index (χ2v) is 5.71. The van der Waals surface area contributed by atoms with Gasteiger partial charge in [-0.1, -0.05) is 18.2 Å². The molecule has 3 rings (SSSR count). The van der Waals surface area contributed by atoms with Crippen LogP contribution < -0.4 is 4.90 Å². The highest BCUT2D eigenvalue weighted by atomic mass is 32.2. The number of phenols is 2. The standard InChI is InChI=1S/C16H10FNO4S/c17-10-3-1-2-4-11(10)18-15(21)14(23-16(18)22)8-9-5-6-12(19)13(20)7-9/h1-8,19-20H/b14-8-. The first-order chi connectivity index (χ1) is 11.0. The summed E-state index contributed by atoms with van der Waals surface area (Å²) in [5.41, 5.74) is 0.325. The molecule has 2 aromatic carbocycles. The summed E-state index contributed by atoms with van der Waals surface area (Å²) in [6.45, 7) is 0. The molecule has 5 nitrogen and oxygen atoms in total. The lowest BCUT2D eigenvalue weighted by Gasteiger charge is -2.12. The first-order valence-electron chi connectivity index (χ1n) is 6.52. The van der Waals surface area contributed by atoms with E-state index in [4.69, 9.17) is 0 Å². The van der Waals surface area contributed by atoms with E-state index in [-0.39, 0.29) is 22.1 Å². The van der Waals surface area contributed by atoms with Crippen LogP contribution in [-0.2, 0) is 4.79 Å². The van der Waals surface area contributed by atoms with Crippen LogP contribution in [-0.4, -0.2) is 21.4 Å². The van der Waals surface area contributed by atoms with Crippen molar-refractivity contribution in [2.24, 2.45) is 0 Å². The van der Waals surface area contributed by atoms with Crippen LogP contribution in [0.2, 0.25) is 0 Å². The minimum absolute atomic E-state index is 0.100. The van der Waals surface area contributed by atoms with Crippen molar-refractivity contribution in [3.05, 3.63) is 58.8 Å². The Morgan fingerprint density at radius 3 is 2.48 bits per heavy atom. The topological polar surface area (TPSA) is 77.8 Å². The van der Waals surface area contributed by atoms with E-state index in [1.807, 2.05) is 0 Å². The van der Waals surface area contributed by atoms with E-state index in [2.05, 4.69) is 0 Å². The molecule has 0 spiro atoms. The van der Waals surface area contributed by atoms with Crippen molar-refractivity contribution in [3.8, 4) is 11.5 Å². The molecule has 1 aliphatic heterocycles. The molecule has 2 aromatic rings. The van der Waals surface area contributed by atoms with Gasteiger partial charge in [-0.05, 0) is 47.7 Å². The van der Waals surface area contributed by atoms with Crippen LogP contribution in [0.15, 0.2) is 47.4 Å². The highest BCUT2D eigenvalue weighted by Crippen LogP contribution is 2.37. The predicted octanol–water partition coefficient (Wildman–Crippen LogP) is 3.48. The SMILES string of the molecule is O=C1S/C(=C\c2ccc(O)c(O)c2)C(=O)N1c1ccccc1F. The summed E-state index contributed by atoms with van der Waals surface area (Å²) in [6.07, 6.45) is 1.39. The van der Waals surface area contributed by atoms with Crippen LogP contribution in [0.3, 0.4) is 0 Å². The Hall–Kier alpha value is -2.80. The van der Waals surface area contributed by atoms with Crippen LogP contribution in [0.25, 0.3) is 6.08 Å². The average molecular weight is 331 g/mol. The molecule has 2 N–H and O–H groups in total. The van der Waals surface area contributed by atoms with Crippen molar-refractivity contribution in [3.63, 3.8) is 0 Å². The lowest BCUT2D eigenvalue weighted by atomic mass is 10.2. The molecule has 0 radical (unpaired) electrons. The summed E-state index contributed by atoms with van der Waals surface area (Å²) >= 11 is 0.678. The minimum Gasteiger partial charge on any atom is -0.504 e. The molecule has 0 saturated carbocycles. The monoisotopic (exact) mass is 331 g/mol. The Kier molecular flexibility index (Phi) is 3.79. The number of imide groups is 1. The number of thioether (sulfide) groups is 1. The van der Waals surface area contributed by atoms with E-state index in [0.29, 0.717) is 17.3 Å². The average Bonchev–Trinajstić information content (AvgIpc) is 2.78. The molecular formula is C16H10FNO4S. The van der Waals surface area contributed by atoms with Crippen molar-refractivity contribution in [2.75, 3.05) is 4.90 Å². The number of benzene rings is 2. The number of anilines is 1. The normalized spacial score (nSPS) is 16.4. The number of hydrogen-bond donors (Lipinski definition) is 2. The van der Waals surface area contributed by atoms with Crippen LogP contribution >= 0.6 is 11.8 Å². The van der Waals surface area contributed by atoms with Gasteiger partial charge >= 0.3 is 0 Å². The van der Waals surface area contributed by atoms with E-state index in [9.17, 15) is 24.2 Å². The zero-order valence-electron chi connectivity index (χ0n) is 11.6. The summed E-state index contributed by atoms with van der Waals surface area (Å²) in [4.78, 5) is 25.3. The number of carbonyl (C=O) groups excluding carboxylic acids is 2. The smallest absolute Gasteiger partial charge is 0.298 e. The van der Waals surface area contributed by atoms with Gasteiger partial charge in [0.2, 0.25) is 0 Å². The van der Waals surface area contributed by atoms with E-state index >= 15 is 0 Å². The second kappa shape index (κ2) is 5.77. The Bertz CT molecular complexity index is 850. The summed E-state index contributed by atoms with van der Waals surface area (Å²) in [5.74, 6) is -1.94. The van der Waals surface area contributed by atoms with E-state index in [1.165, 1.54) is 48.5 Å². The van der Waals surface area contributed by atoms with Gasteiger partial charge in [-0.2, -0.15) is 0 Å². The second-order valence-electron chi connectivity index (χ2n) is 4.72. The Labute approximate surface area is 134 Å². The maximum Gasteiger partial charge on any atom is 0.298 e. The molecule has 2 amide bonds. The molecule has 23 heavy (non-hydrogen) atoms. The largest absolute Gasteiger partial charge is 0.504 e. The van der Waals surface area contributed by atoms with Crippen LogP contribution in [0.1, 0.15) is 5.56 Å². The number of amides is 2. The molecule has 7 heteroatoms. The Balaban J connectivity index is 1.96. The van der Waals surface area contributed by atoms with E-state index in [0.717, 1.165) is 4.90 Å². The first kappa shape index (κ1) is 15.1. The van der Waals surface area contributed by atoms with Gasteiger partial charge in [-0.25, -0.2) is 9.29 Å². The molecular weight excluding hydrogens is 321 g/mol. The number of phenolic OH excluding ortho intramolecular Hbond substituents is 2. The van der Waals surface area contributed by atoms with Crippen molar-refractivity contribution >= 4 is 34.7 Å².